The number of hydrogen-bond donors (Lipinski definition) is 3. The van der Waals surface area contributed by atoms with Crippen LogP contribution in [0.5, 0.6) is 0 Å². The van der Waals surface area contributed by atoms with Gasteiger partial charge in [0.2, 0.25) is 21.9 Å². The van der Waals surface area contributed by atoms with E-state index in [1.165, 1.54) is 0 Å². The van der Waals surface area contributed by atoms with E-state index in [0.717, 1.165) is 12.8 Å². The van der Waals surface area contributed by atoms with Crippen molar-refractivity contribution >= 4 is 59.9 Å². The van der Waals surface area contributed by atoms with Gasteiger partial charge in [-0.3, -0.25) is 14.8 Å². The summed E-state index contributed by atoms with van der Waals surface area (Å²) in [4.78, 5) is 30.5. The third-order valence-corrected chi connectivity index (χ3v) is 9.90. The highest BCUT2D eigenvalue weighted by Crippen LogP contribution is 2.39. The summed E-state index contributed by atoms with van der Waals surface area (Å²) >= 11 is 3.51. The van der Waals surface area contributed by atoms with Crippen molar-refractivity contribution in [2.45, 2.75) is 44.0 Å². The lowest BCUT2D eigenvalue weighted by Crippen LogP contribution is -2.46. The van der Waals surface area contributed by atoms with Crippen LogP contribution in [0.1, 0.15) is 31.7 Å². The van der Waals surface area contributed by atoms with E-state index in [0.29, 0.717) is 50.3 Å². The fourth-order valence-electron chi connectivity index (χ4n) is 5.25. The van der Waals surface area contributed by atoms with Gasteiger partial charge in [0.25, 0.3) is 0 Å². The van der Waals surface area contributed by atoms with E-state index in [9.17, 15) is 13.2 Å². The molecule has 0 unspecified atom stereocenters. The topological polar surface area (TPSA) is 166 Å². The van der Waals surface area contributed by atoms with E-state index in [-0.39, 0.29) is 31.7 Å². The minimum Gasteiger partial charge on any atom is -0.378 e. The van der Waals surface area contributed by atoms with E-state index in [1.807, 2.05) is 19.1 Å². The Bertz CT molecular complexity index is 1730. The van der Waals surface area contributed by atoms with Gasteiger partial charge in [-0.1, -0.05) is 6.92 Å². The Morgan fingerprint density at radius 3 is 2.77 bits per heavy atom. The van der Waals surface area contributed by atoms with Crippen molar-refractivity contribution in [3.8, 4) is 5.69 Å². The van der Waals surface area contributed by atoms with Crippen LogP contribution in [-0.4, -0.2) is 75.6 Å². The summed E-state index contributed by atoms with van der Waals surface area (Å²) in [7, 11) is -1.88. The van der Waals surface area contributed by atoms with Gasteiger partial charge in [-0.05, 0) is 52.9 Å². The van der Waals surface area contributed by atoms with Crippen LogP contribution < -0.4 is 15.4 Å². The Labute approximate surface area is 238 Å². The highest BCUT2D eigenvalue weighted by Gasteiger charge is 2.41. The smallest absolute Gasteiger partial charge is 0.225 e. The number of ether oxygens (including phenoxy) is 1. The Morgan fingerprint density at radius 2 is 2.02 bits per heavy atom. The quantitative estimate of drug-likeness (QED) is 0.262. The van der Waals surface area contributed by atoms with Gasteiger partial charge in [-0.2, -0.15) is 10.1 Å². The number of carbonyl (C=O) groups is 1. The first-order valence-electron chi connectivity index (χ1n) is 12.9. The van der Waals surface area contributed by atoms with E-state index in [1.54, 1.807) is 30.3 Å². The molecular weight excluding hydrogens is 602 g/mol. The summed E-state index contributed by atoms with van der Waals surface area (Å²) in [5.41, 5.74) is 2.59. The van der Waals surface area contributed by atoms with Gasteiger partial charge in [0.05, 0.1) is 35.3 Å². The summed E-state index contributed by atoms with van der Waals surface area (Å²) < 4.78 is 35.2. The van der Waals surface area contributed by atoms with Crippen molar-refractivity contribution < 1.29 is 17.9 Å². The van der Waals surface area contributed by atoms with E-state index < -0.39 is 20.7 Å². The molecule has 1 aliphatic carbocycles. The van der Waals surface area contributed by atoms with Crippen LogP contribution in [0.15, 0.2) is 35.3 Å². The normalized spacial score (nSPS) is 21.5. The lowest BCUT2D eigenvalue weighted by Gasteiger charge is -2.25. The molecule has 15 heteroatoms. The minimum absolute atomic E-state index is 0.0358. The molecular formula is C25H28BrN9O4S. The van der Waals surface area contributed by atoms with Gasteiger partial charge < -0.3 is 15.4 Å². The van der Waals surface area contributed by atoms with Gasteiger partial charge in [0, 0.05) is 43.6 Å². The summed E-state index contributed by atoms with van der Waals surface area (Å²) in [5.74, 6) is 0.470. The number of anilines is 1. The van der Waals surface area contributed by atoms with Crippen molar-refractivity contribution in [2.75, 3.05) is 25.6 Å². The number of benzene rings is 1. The van der Waals surface area contributed by atoms with Gasteiger partial charge in [-0.15, -0.1) is 0 Å². The second-order valence-corrected chi connectivity index (χ2v) is 13.2. The number of sulfonamides is 1. The molecule has 13 nitrogen and oxygen atoms in total. The number of amides is 1. The number of carbonyl (C=O) groups excluding carboxylic acids is 1. The SMILES string of the molecule is CNC(=O)[C@]1(C)CC[C@@H](Nc2ncc3c(Br)nn(-c4cc(CNS(=O)(=O)C5COC5)c5nccnc5c4)c3n2)C1. The van der Waals surface area contributed by atoms with Crippen LogP contribution in [0.3, 0.4) is 0 Å². The zero-order chi connectivity index (χ0) is 28.1. The second-order valence-electron chi connectivity index (χ2n) is 10.4. The molecule has 0 bridgehead atoms. The van der Waals surface area contributed by atoms with Gasteiger partial charge >= 0.3 is 0 Å². The maximum Gasteiger partial charge on any atom is 0.225 e. The first kappa shape index (κ1) is 26.9. The highest BCUT2D eigenvalue weighted by molar-refractivity contribution is 9.10. The first-order valence-corrected chi connectivity index (χ1v) is 15.2. The molecule has 4 aromatic rings. The van der Waals surface area contributed by atoms with Crippen LogP contribution in [0.2, 0.25) is 0 Å². The van der Waals surface area contributed by atoms with E-state index >= 15 is 0 Å². The number of nitrogens with zero attached hydrogens (tertiary/aromatic N) is 6. The summed E-state index contributed by atoms with van der Waals surface area (Å²) in [6, 6.07) is 3.72. The lowest BCUT2D eigenvalue weighted by molar-refractivity contribution is -0.129. The molecule has 2 fully saturated rings. The van der Waals surface area contributed by atoms with Crippen LogP contribution in [0.4, 0.5) is 5.95 Å². The average Bonchev–Trinajstić information content (AvgIpc) is 3.45. The zero-order valence-electron chi connectivity index (χ0n) is 21.9. The molecule has 3 aromatic heterocycles. The maximum atomic E-state index is 12.6. The number of fused-ring (bicyclic) bond motifs is 2. The molecule has 1 saturated carbocycles. The molecule has 4 heterocycles. The Morgan fingerprint density at radius 1 is 1.23 bits per heavy atom. The van der Waals surface area contributed by atoms with Crippen molar-refractivity contribution in [3.63, 3.8) is 0 Å². The predicted molar refractivity (Wildman–Crippen MR) is 151 cm³/mol. The van der Waals surface area contributed by atoms with Crippen molar-refractivity contribution in [2.24, 2.45) is 5.41 Å². The molecule has 1 saturated heterocycles. The molecule has 1 aliphatic heterocycles. The van der Waals surface area contributed by atoms with Crippen LogP contribution >= 0.6 is 15.9 Å². The Balaban J connectivity index is 1.33. The third kappa shape index (κ3) is 4.91. The second kappa shape index (κ2) is 10.3. The van der Waals surface area contributed by atoms with E-state index in [4.69, 9.17) is 9.72 Å². The Hall–Kier alpha value is -3.27. The third-order valence-electron chi connectivity index (χ3n) is 7.62. The Kier molecular flexibility index (Phi) is 6.92. The van der Waals surface area contributed by atoms with Gasteiger partial charge in [-0.25, -0.2) is 22.8 Å². The minimum atomic E-state index is -3.54. The molecule has 0 spiro atoms. The number of rotatable bonds is 8. The monoisotopic (exact) mass is 629 g/mol. The standard InChI is InChI=1S/C25H28BrN9O4S/c1-25(23(36)27-2)4-3-15(9-25)32-24-30-11-18-21(26)34-35(22(18)33-24)16-7-14(20-19(8-16)28-5-6-29-20)10-31-40(37,38)17-12-39-13-17/h5-8,11,15,17,31H,3-4,9-10,12-13H2,1-2H3,(H,27,36)(H,30,32,33)/t15-,25-/m1/s1. The van der Waals surface area contributed by atoms with E-state index in [2.05, 4.69) is 51.3 Å². The van der Waals surface area contributed by atoms with Crippen molar-refractivity contribution in [3.05, 3.63) is 40.9 Å². The molecule has 210 valence electrons. The molecule has 6 rings (SSSR count). The molecule has 2 atom stereocenters. The van der Waals surface area contributed by atoms with Crippen molar-refractivity contribution in [1.29, 1.82) is 0 Å². The molecule has 0 radical (unpaired) electrons. The summed E-state index contributed by atoms with van der Waals surface area (Å²) in [6.45, 7) is 2.39. The highest BCUT2D eigenvalue weighted by atomic mass is 79.9. The van der Waals surface area contributed by atoms with Gasteiger partial charge in [0.15, 0.2) is 5.65 Å². The van der Waals surface area contributed by atoms with Crippen LogP contribution in [0, 0.1) is 5.41 Å². The zero-order valence-corrected chi connectivity index (χ0v) is 24.3. The molecule has 1 aromatic carbocycles. The first-order chi connectivity index (χ1) is 19.2. The molecule has 3 N–H and O–H groups in total. The molecule has 1 amide bonds. The lowest BCUT2D eigenvalue weighted by atomic mass is 9.87. The van der Waals surface area contributed by atoms with Crippen molar-refractivity contribution in [1.82, 2.24) is 39.8 Å². The summed E-state index contributed by atoms with van der Waals surface area (Å²) in [6.07, 6.45) is 7.12. The summed E-state index contributed by atoms with van der Waals surface area (Å²) in [5, 5.41) is 10.9. The van der Waals surface area contributed by atoms with Crippen LogP contribution in [-0.2, 0) is 26.1 Å². The van der Waals surface area contributed by atoms with Gasteiger partial charge in [0.1, 0.15) is 9.85 Å². The number of halogens is 1. The molecule has 40 heavy (non-hydrogen) atoms. The number of hydrogen-bond acceptors (Lipinski definition) is 10. The fraction of sp³-hybridized carbons (Fsp3) is 0.440. The predicted octanol–water partition coefficient (Wildman–Crippen LogP) is 2.06. The largest absolute Gasteiger partial charge is 0.378 e. The number of nitrogens with one attached hydrogen (secondary N) is 3. The maximum absolute atomic E-state index is 12.6. The fourth-order valence-corrected chi connectivity index (χ4v) is 6.83. The molecule has 2 aliphatic rings. The number of aromatic nitrogens is 6. The van der Waals surface area contributed by atoms with Crippen LogP contribution in [0.25, 0.3) is 27.8 Å². The average molecular weight is 631 g/mol.